The summed E-state index contributed by atoms with van der Waals surface area (Å²) in [5.41, 5.74) is 8.46. The molecule has 1 saturated heterocycles. The monoisotopic (exact) mass is 750 g/mol. The maximum Gasteiger partial charge on any atom is 0.339 e. The zero-order valence-corrected chi connectivity index (χ0v) is 29.6. The average molecular weight is 751 g/mol. The molecule has 1 aromatic heterocycles. The molecule has 53 heavy (non-hydrogen) atoms. The van der Waals surface area contributed by atoms with Crippen LogP contribution in [0.2, 0.25) is 0 Å². The van der Waals surface area contributed by atoms with Crippen LogP contribution in [0.4, 0.5) is 0 Å². The normalized spacial score (nSPS) is 19.4. The lowest BCUT2D eigenvalue weighted by Crippen LogP contribution is -2.64. The molecule has 0 bridgehead atoms. The third-order valence-corrected chi connectivity index (χ3v) is 7.24. The number of amides is 1. The maximum atomic E-state index is 12.8. The fourth-order valence-corrected chi connectivity index (χ4v) is 5.07. The molecule has 1 aromatic carbocycles. The number of nitrogens with zero attached hydrogens (tertiary/aromatic N) is 3. The fraction of sp³-hybridized carbons (Fsp3) is 0.576. The van der Waals surface area contributed by atoms with E-state index in [0.717, 1.165) is 27.9 Å². The van der Waals surface area contributed by atoms with Gasteiger partial charge < -0.3 is 52.4 Å². The molecule has 1 aliphatic rings. The van der Waals surface area contributed by atoms with Crippen LogP contribution in [0.15, 0.2) is 27.7 Å². The molecule has 290 valence electrons. The summed E-state index contributed by atoms with van der Waals surface area (Å²) < 4.78 is 54.8. The predicted molar refractivity (Wildman–Crippen MR) is 177 cm³/mol. The van der Waals surface area contributed by atoms with Gasteiger partial charge in [-0.1, -0.05) is 5.11 Å². The van der Waals surface area contributed by atoms with E-state index in [2.05, 4.69) is 15.3 Å². The Balaban J connectivity index is 1.66. The number of benzene rings is 1. The van der Waals surface area contributed by atoms with Crippen LogP contribution in [0.25, 0.3) is 21.4 Å². The van der Waals surface area contributed by atoms with E-state index in [1.807, 2.05) is 0 Å². The van der Waals surface area contributed by atoms with Gasteiger partial charge in [0.25, 0.3) is 0 Å². The first kappa shape index (κ1) is 42.1. The van der Waals surface area contributed by atoms with Gasteiger partial charge >= 0.3 is 23.9 Å². The Kier molecular flexibility index (Phi) is 17.5. The Hall–Kier alpha value is -5.27. The number of rotatable bonds is 22. The van der Waals surface area contributed by atoms with Crippen LogP contribution in [0.1, 0.15) is 43.3 Å². The zero-order valence-electron chi connectivity index (χ0n) is 29.6. The van der Waals surface area contributed by atoms with Gasteiger partial charge in [0, 0.05) is 51.6 Å². The van der Waals surface area contributed by atoms with Gasteiger partial charge in [0.1, 0.15) is 17.1 Å². The lowest BCUT2D eigenvalue weighted by Gasteiger charge is -2.43. The molecule has 2 aromatic rings. The first-order chi connectivity index (χ1) is 25.5. The highest BCUT2D eigenvalue weighted by molar-refractivity contribution is 5.98. The second-order valence-corrected chi connectivity index (χ2v) is 11.2. The van der Waals surface area contributed by atoms with E-state index < -0.39 is 54.6 Å². The number of nitrogens with one attached hydrogen (secondary N) is 1. The molecule has 1 aliphatic heterocycles. The molecule has 0 aliphatic carbocycles. The van der Waals surface area contributed by atoms with Crippen molar-refractivity contribution in [3.8, 4) is 5.75 Å². The van der Waals surface area contributed by atoms with Crippen molar-refractivity contribution in [2.75, 3.05) is 59.8 Å². The second kappa shape index (κ2) is 21.9. The van der Waals surface area contributed by atoms with E-state index >= 15 is 0 Å². The Morgan fingerprint density at radius 3 is 2.13 bits per heavy atom. The summed E-state index contributed by atoms with van der Waals surface area (Å²) in [4.78, 5) is 76.0. The number of carbonyl (C=O) groups excluding carboxylic acids is 6. The van der Waals surface area contributed by atoms with Gasteiger partial charge in [-0.05, 0) is 23.7 Å². The molecular weight excluding hydrogens is 708 g/mol. The number of methoxy groups -OCH3 is 1. The Bertz CT molecular complexity index is 1620. The first-order valence-electron chi connectivity index (χ1n) is 16.4. The molecule has 1 fully saturated rings. The molecule has 0 spiro atoms. The van der Waals surface area contributed by atoms with E-state index in [0.29, 0.717) is 45.1 Å². The van der Waals surface area contributed by atoms with Crippen LogP contribution in [0.3, 0.4) is 0 Å². The lowest BCUT2D eigenvalue weighted by molar-refractivity contribution is -0.282. The topological polar surface area (TPSA) is 259 Å². The van der Waals surface area contributed by atoms with Gasteiger partial charge in [0.2, 0.25) is 18.3 Å². The summed E-state index contributed by atoms with van der Waals surface area (Å²) in [6.45, 7) is 5.61. The van der Waals surface area contributed by atoms with E-state index in [4.69, 9.17) is 52.6 Å². The summed E-state index contributed by atoms with van der Waals surface area (Å²) in [5, 5.41) is 6.36. The van der Waals surface area contributed by atoms with Crippen molar-refractivity contribution < 1.29 is 75.8 Å². The van der Waals surface area contributed by atoms with Crippen LogP contribution in [0.5, 0.6) is 5.75 Å². The Morgan fingerprint density at radius 2 is 1.51 bits per heavy atom. The van der Waals surface area contributed by atoms with Crippen LogP contribution in [-0.4, -0.2) is 127 Å². The number of hydrogen-bond donors (Lipinski definition) is 1. The number of furan rings is 1. The number of aldehydes is 1. The van der Waals surface area contributed by atoms with Crippen molar-refractivity contribution in [2.24, 2.45) is 5.11 Å². The van der Waals surface area contributed by atoms with Crippen molar-refractivity contribution in [3.05, 3.63) is 40.0 Å². The van der Waals surface area contributed by atoms with Gasteiger partial charge in [0.15, 0.2) is 24.6 Å². The van der Waals surface area contributed by atoms with Gasteiger partial charge in [0.05, 0.1) is 57.7 Å². The molecule has 20 heteroatoms. The highest BCUT2D eigenvalue weighted by Crippen LogP contribution is 2.36. The first-order valence-corrected chi connectivity index (χ1v) is 16.4. The third-order valence-electron chi connectivity index (χ3n) is 7.24. The smallest absolute Gasteiger partial charge is 0.339 e. The van der Waals surface area contributed by atoms with Crippen molar-refractivity contribution in [3.63, 3.8) is 0 Å². The number of hydrogen-bond acceptors (Lipinski definition) is 17. The SMILES string of the molecule is COC(=O)[C@H]1O[C@@H](Oc2ccc(C=O)c3oc(CCC(=O)NCCOCCOCCOCCN=[N+]=[N-])cc23)[C@H](OC(C)=O)[C@@H](OC(C)=O)[C@@H]1OC(C)=O. The molecule has 1 amide bonds. The summed E-state index contributed by atoms with van der Waals surface area (Å²) in [6.07, 6.45) is -7.31. The number of aryl methyl sites for hydroxylation is 1. The van der Waals surface area contributed by atoms with Crippen LogP contribution in [-0.2, 0) is 68.3 Å². The highest BCUT2D eigenvalue weighted by Gasteiger charge is 2.56. The summed E-state index contributed by atoms with van der Waals surface area (Å²) in [6, 6.07) is 4.35. The molecule has 2 heterocycles. The third kappa shape index (κ3) is 13.3. The molecule has 0 unspecified atom stereocenters. The minimum Gasteiger partial charge on any atom is -0.467 e. The standard InChI is InChI=1S/C33H42N4O16/c1-19(39)48-28-29(49-20(2)40)31(50-21(3)41)33(53-30(28)32(43)44-4)52-25-7-5-22(18-38)27-24(25)17-23(51-27)6-8-26(42)35-9-11-45-13-15-47-16-14-46-12-10-36-37-34/h5,7,17-18,28-31,33H,6,8-16H2,1-4H3,(H,35,42)/t28-,29-,30-,31+,33+/m0/s1. The van der Waals surface area contributed by atoms with Gasteiger partial charge in [-0.2, -0.15) is 0 Å². The number of fused-ring (bicyclic) bond motifs is 1. The van der Waals surface area contributed by atoms with Crippen LogP contribution >= 0.6 is 0 Å². The van der Waals surface area contributed by atoms with Crippen LogP contribution in [0, 0.1) is 0 Å². The van der Waals surface area contributed by atoms with E-state index in [1.54, 1.807) is 6.07 Å². The number of carbonyl (C=O) groups is 6. The fourth-order valence-electron chi connectivity index (χ4n) is 5.07. The predicted octanol–water partition coefficient (Wildman–Crippen LogP) is 1.73. The molecule has 1 N–H and O–H groups in total. The van der Waals surface area contributed by atoms with Gasteiger partial charge in [-0.15, -0.1) is 0 Å². The minimum atomic E-state index is -1.68. The van der Waals surface area contributed by atoms with Crippen molar-refractivity contribution in [1.82, 2.24) is 5.32 Å². The Morgan fingerprint density at radius 1 is 0.887 bits per heavy atom. The number of ether oxygens (including phenoxy) is 9. The second-order valence-electron chi connectivity index (χ2n) is 11.2. The summed E-state index contributed by atoms with van der Waals surface area (Å²) >= 11 is 0. The zero-order chi connectivity index (χ0) is 38.8. The Labute approximate surface area is 303 Å². The molecule has 0 radical (unpaired) electrons. The molecule has 3 rings (SSSR count). The van der Waals surface area contributed by atoms with Crippen molar-refractivity contribution in [2.45, 2.75) is 64.3 Å². The van der Waals surface area contributed by atoms with E-state index in [9.17, 15) is 28.8 Å². The average Bonchev–Trinajstić information content (AvgIpc) is 3.55. The number of esters is 4. The number of azide groups is 1. The lowest BCUT2D eigenvalue weighted by atomic mass is 9.97. The van der Waals surface area contributed by atoms with Crippen molar-refractivity contribution >= 4 is 47.0 Å². The van der Waals surface area contributed by atoms with Gasteiger partial charge in [-0.25, -0.2) is 4.79 Å². The molecule has 20 nitrogen and oxygen atoms in total. The summed E-state index contributed by atoms with van der Waals surface area (Å²) in [5.74, 6) is -3.48. The van der Waals surface area contributed by atoms with Crippen LogP contribution < -0.4 is 10.1 Å². The largest absolute Gasteiger partial charge is 0.467 e. The van der Waals surface area contributed by atoms with E-state index in [1.165, 1.54) is 12.1 Å². The molecule has 5 atom stereocenters. The molecule has 0 saturated carbocycles. The summed E-state index contributed by atoms with van der Waals surface area (Å²) in [7, 11) is 1.06. The maximum absolute atomic E-state index is 12.8. The quantitative estimate of drug-likeness (QED) is 0.0342. The molecular formula is C33H42N4O16. The van der Waals surface area contributed by atoms with E-state index in [-0.39, 0.29) is 60.7 Å². The van der Waals surface area contributed by atoms with Crippen molar-refractivity contribution in [1.29, 1.82) is 0 Å². The van der Waals surface area contributed by atoms with Gasteiger partial charge in [-0.3, -0.25) is 24.0 Å². The highest BCUT2D eigenvalue weighted by atomic mass is 16.7. The minimum absolute atomic E-state index is 0.0257.